The minimum Gasteiger partial charge on any atom is -0.403 e. The predicted molar refractivity (Wildman–Crippen MR) is 28.2 cm³/mol. The van der Waals surface area contributed by atoms with Gasteiger partial charge in [0.1, 0.15) is 0 Å². The molecule has 1 aliphatic carbocycles. The summed E-state index contributed by atoms with van der Waals surface area (Å²) in [5.74, 6) is -0.521. The molecule has 1 saturated carbocycles. The van der Waals surface area contributed by atoms with E-state index in [9.17, 15) is 9.59 Å². The van der Waals surface area contributed by atoms with Gasteiger partial charge in [-0.3, -0.25) is 0 Å². The van der Waals surface area contributed by atoms with Gasteiger partial charge in [0, 0.05) is 5.78 Å². The Bertz CT molecular complexity index is 115. The first-order valence-corrected chi connectivity index (χ1v) is 2.71. The Morgan fingerprint density at radius 2 is 2.00 bits per heavy atom. The Labute approximate surface area is 64.5 Å². The maximum Gasteiger partial charge on any atom is 1.00 e. The second-order valence-electron chi connectivity index (χ2n) is 1.88. The van der Waals surface area contributed by atoms with E-state index in [1.165, 1.54) is 6.42 Å². The van der Waals surface area contributed by atoms with E-state index in [1.807, 2.05) is 0 Å². The molecule has 0 bridgehead atoms. The van der Waals surface area contributed by atoms with Crippen LogP contribution in [-0.2, 0) is 26.7 Å². The van der Waals surface area contributed by atoms with Gasteiger partial charge in [0.2, 0.25) is 0 Å². The second-order valence-corrected chi connectivity index (χ2v) is 1.88. The molecule has 0 radical (unpaired) electrons. The van der Waals surface area contributed by atoms with Gasteiger partial charge in [-0.15, -0.1) is 0 Å². The normalized spacial score (nSPS) is 18.2. The number of carbonyl (C=O) groups excluding carboxylic acids is 2. The van der Waals surface area contributed by atoms with Crippen LogP contribution in [0.2, 0.25) is 0 Å². The number of hydrogen-bond acceptors (Lipinski definition) is 2. The van der Waals surface area contributed by atoms with Gasteiger partial charge in [0.15, 0.2) is 0 Å². The summed E-state index contributed by atoms with van der Waals surface area (Å²) in [5.41, 5.74) is 0. The summed E-state index contributed by atoms with van der Waals surface area (Å²) in [6, 6.07) is 0. The van der Waals surface area contributed by atoms with Crippen LogP contribution in [-0.4, -0.2) is 11.6 Å². The quantitative estimate of drug-likeness (QED) is 0.305. The molecular weight excluding hydrogens is 168 g/mol. The van der Waals surface area contributed by atoms with E-state index in [0.717, 1.165) is 12.8 Å². The van der Waals surface area contributed by atoms with Crippen LogP contribution in [0.4, 0.5) is 0 Å². The van der Waals surface area contributed by atoms with E-state index >= 15 is 0 Å². The molecule has 0 heterocycles. The van der Waals surface area contributed by atoms with Gasteiger partial charge in [-0.2, -0.15) is 6.42 Å². The molecule has 54 valence electrons. The molecule has 1 aliphatic rings. The van der Waals surface area contributed by atoms with Crippen LogP contribution in [0, 0.1) is 6.42 Å². The van der Waals surface area contributed by atoms with Gasteiger partial charge in [0.25, 0.3) is 0 Å². The van der Waals surface area contributed by atoms with Gasteiger partial charge in [-0.25, -0.2) is 0 Å². The molecule has 1 fully saturated rings. The average molecular weight is 175 g/mol. The fraction of sp³-hybridized carbons (Fsp3) is 0.500. The van der Waals surface area contributed by atoms with Crippen LogP contribution in [0.3, 0.4) is 0 Å². The summed E-state index contributed by atoms with van der Waals surface area (Å²) < 4.78 is 0. The fourth-order valence-corrected chi connectivity index (χ4v) is 0.733. The zero-order valence-corrected chi connectivity index (χ0v) is 5.76. The van der Waals surface area contributed by atoms with Crippen molar-refractivity contribution in [3.63, 3.8) is 0 Å². The molecule has 0 aliphatic heterocycles. The SMILES string of the molecule is O=C1[CH-]CCCC1=O.[Cu+]. The molecule has 0 aromatic carbocycles. The van der Waals surface area contributed by atoms with Gasteiger partial charge < -0.3 is 9.59 Å². The average Bonchev–Trinajstić information content (AvgIpc) is 1.77. The van der Waals surface area contributed by atoms with Gasteiger partial charge in [-0.1, -0.05) is 19.3 Å². The van der Waals surface area contributed by atoms with Crippen molar-refractivity contribution in [1.82, 2.24) is 0 Å². The minimum atomic E-state index is -0.295. The van der Waals surface area contributed by atoms with Crippen molar-refractivity contribution < 1.29 is 26.7 Å². The van der Waals surface area contributed by atoms with E-state index in [0.29, 0.717) is 6.42 Å². The fourth-order valence-electron chi connectivity index (χ4n) is 0.733. The first-order chi connectivity index (χ1) is 3.80. The molecular formula is C6H7CuO2. The Balaban J connectivity index is 0.000000640. The zero-order valence-electron chi connectivity index (χ0n) is 4.82. The molecule has 0 amide bonds. The summed E-state index contributed by atoms with van der Waals surface area (Å²) in [4.78, 5) is 20.8. The molecule has 0 unspecified atom stereocenters. The van der Waals surface area contributed by atoms with Crippen LogP contribution in [0.25, 0.3) is 0 Å². The monoisotopic (exact) mass is 174 g/mol. The second kappa shape index (κ2) is 3.70. The van der Waals surface area contributed by atoms with Crippen molar-refractivity contribution in [3.8, 4) is 0 Å². The van der Waals surface area contributed by atoms with Crippen molar-refractivity contribution in [2.75, 3.05) is 0 Å². The smallest absolute Gasteiger partial charge is 0.403 e. The summed E-state index contributed by atoms with van der Waals surface area (Å²) in [7, 11) is 0. The number of Topliss-reactive ketones (excluding diaryl/α,β-unsaturated/α-hetero) is 2. The Morgan fingerprint density at radius 3 is 2.33 bits per heavy atom. The summed E-state index contributed by atoms with van der Waals surface area (Å²) >= 11 is 0. The number of rotatable bonds is 0. The van der Waals surface area contributed by atoms with E-state index in [-0.39, 0.29) is 28.6 Å². The topological polar surface area (TPSA) is 34.1 Å². The van der Waals surface area contributed by atoms with Crippen molar-refractivity contribution in [1.29, 1.82) is 0 Å². The summed E-state index contributed by atoms with van der Waals surface area (Å²) in [5, 5.41) is 0. The van der Waals surface area contributed by atoms with Gasteiger partial charge >= 0.3 is 17.1 Å². The molecule has 0 N–H and O–H groups in total. The van der Waals surface area contributed by atoms with Crippen molar-refractivity contribution in [2.45, 2.75) is 19.3 Å². The van der Waals surface area contributed by atoms with Crippen molar-refractivity contribution >= 4 is 11.6 Å². The standard InChI is InChI=1S/C6H7O2.Cu/c7-5-3-1-2-4-6(5)8;/h3H,1-2,4H2;/q-1;+1. The first kappa shape index (κ1) is 8.73. The Hall–Kier alpha value is -0.271. The van der Waals surface area contributed by atoms with Crippen LogP contribution in [0.5, 0.6) is 0 Å². The zero-order chi connectivity index (χ0) is 5.98. The Kier molecular flexibility index (Phi) is 3.59. The molecule has 1 rings (SSSR count). The van der Waals surface area contributed by atoms with Crippen molar-refractivity contribution in [2.24, 2.45) is 0 Å². The van der Waals surface area contributed by atoms with Crippen LogP contribution in [0.1, 0.15) is 19.3 Å². The van der Waals surface area contributed by atoms with E-state index in [2.05, 4.69) is 0 Å². The number of carbonyl (C=O) groups is 2. The summed E-state index contributed by atoms with van der Waals surface area (Å²) in [6.45, 7) is 0. The molecule has 0 aromatic heterocycles. The third-order valence-corrected chi connectivity index (χ3v) is 1.21. The number of hydrogen-bond donors (Lipinski definition) is 0. The van der Waals surface area contributed by atoms with Gasteiger partial charge in [0.05, 0.1) is 5.78 Å². The third-order valence-electron chi connectivity index (χ3n) is 1.21. The molecule has 0 saturated heterocycles. The summed E-state index contributed by atoms with van der Waals surface area (Å²) in [6.07, 6.45) is 3.55. The maximum atomic E-state index is 10.4. The maximum absolute atomic E-state index is 10.4. The van der Waals surface area contributed by atoms with Crippen molar-refractivity contribution in [3.05, 3.63) is 6.42 Å². The molecule has 0 aromatic rings. The molecule has 0 atom stereocenters. The largest absolute Gasteiger partial charge is 1.00 e. The Morgan fingerprint density at radius 1 is 1.33 bits per heavy atom. The van der Waals surface area contributed by atoms with Gasteiger partial charge in [-0.05, 0) is 0 Å². The molecule has 0 spiro atoms. The predicted octanol–water partition coefficient (Wildman–Crippen LogP) is 0.510. The van der Waals surface area contributed by atoms with Crippen LogP contribution in [0.15, 0.2) is 0 Å². The van der Waals surface area contributed by atoms with E-state index in [4.69, 9.17) is 0 Å². The molecule has 3 heteroatoms. The molecule has 9 heavy (non-hydrogen) atoms. The van der Waals surface area contributed by atoms with E-state index < -0.39 is 0 Å². The van der Waals surface area contributed by atoms with E-state index in [1.54, 1.807) is 0 Å². The van der Waals surface area contributed by atoms with Crippen LogP contribution < -0.4 is 0 Å². The van der Waals surface area contributed by atoms with Crippen LogP contribution >= 0.6 is 0 Å². The number of ketones is 2. The first-order valence-electron chi connectivity index (χ1n) is 2.71. The minimum absolute atomic E-state index is 0. The third kappa shape index (κ3) is 2.20. The molecule has 2 nitrogen and oxygen atoms in total.